The molecule has 3 N–H and O–H groups in total. The first-order valence-electron chi connectivity index (χ1n) is 5.16. The Balaban J connectivity index is 0. The molecule has 0 spiro atoms. The molecule has 0 bridgehead atoms. The average Bonchev–Trinajstić information content (AvgIpc) is 2.06. The summed E-state index contributed by atoms with van der Waals surface area (Å²) < 4.78 is 0. The largest absolute Gasteiger partial charge is 0.396 e. The Labute approximate surface area is 81.4 Å². The molecule has 82 valence electrons. The van der Waals surface area contributed by atoms with E-state index in [1.807, 2.05) is 6.92 Å². The summed E-state index contributed by atoms with van der Waals surface area (Å²) in [5.74, 6) is 0. The SMILES string of the molecule is CCCC(O)O.CCCCCCO. The molecular formula is C10H24O3. The van der Waals surface area contributed by atoms with E-state index in [0.717, 1.165) is 12.8 Å². The molecule has 3 nitrogen and oxygen atoms in total. The van der Waals surface area contributed by atoms with E-state index >= 15 is 0 Å². The quantitative estimate of drug-likeness (QED) is 0.443. The van der Waals surface area contributed by atoms with Crippen molar-refractivity contribution < 1.29 is 15.3 Å². The fourth-order valence-corrected chi connectivity index (χ4v) is 0.797. The summed E-state index contributed by atoms with van der Waals surface area (Å²) in [6.07, 6.45) is 4.90. The summed E-state index contributed by atoms with van der Waals surface area (Å²) in [5, 5.41) is 24.5. The Morgan fingerprint density at radius 2 is 1.54 bits per heavy atom. The number of aliphatic hydroxyl groups excluding tert-OH is 2. The average molecular weight is 192 g/mol. The predicted molar refractivity (Wildman–Crippen MR) is 54.4 cm³/mol. The van der Waals surface area contributed by atoms with Crippen molar-refractivity contribution in [2.45, 2.75) is 58.7 Å². The highest BCUT2D eigenvalue weighted by Gasteiger charge is 1.89. The number of hydrogen-bond acceptors (Lipinski definition) is 3. The van der Waals surface area contributed by atoms with Gasteiger partial charge in [0.25, 0.3) is 0 Å². The lowest BCUT2D eigenvalue weighted by atomic mass is 10.2. The van der Waals surface area contributed by atoms with Gasteiger partial charge in [0.1, 0.15) is 0 Å². The fourth-order valence-electron chi connectivity index (χ4n) is 0.797. The highest BCUT2D eigenvalue weighted by molar-refractivity contribution is 4.35. The molecular weight excluding hydrogens is 168 g/mol. The third-order valence-electron chi connectivity index (χ3n) is 1.56. The van der Waals surface area contributed by atoms with Gasteiger partial charge in [-0.05, 0) is 12.8 Å². The van der Waals surface area contributed by atoms with Crippen LogP contribution in [0.4, 0.5) is 0 Å². The summed E-state index contributed by atoms with van der Waals surface area (Å²) in [7, 11) is 0. The first kappa shape index (κ1) is 15.4. The molecule has 13 heavy (non-hydrogen) atoms. The van der Waals surface area contributed by atoms with Gasteiger partial charge >= 0.3 is 0 Å². The fraction of sp³-hybridized carbons (Fsp3) is 1.00. The van der Waals surface area contributed by atoms with Gasteiger partial charge in [0.15, 0.2) is 6.29 Å². The maximum atomic E-state index is 8.29. The summed E-state index contributed by atoms with van der Waals surface area (Å²) >= 11 is 0. The standard InChI is InChI=1S/C6H14O.C4H10O2/c1-2-3-4-5-6-7;1-2-3-4(5)6/h7H,2-6H2,1H3;4-6H,2-3H2,1H3. The van der Waals surface area contributed by atoms with E-state index in [4.69, 9.17) is 15.3 Å². The van der Waals surface area contributed by atoms with Crippen molar-refractivity contribution in [2.24, 2.45) is 0 Å². The minimum atomic E-state index is -1.10. The van der Waals surface area contributed by atoms with Crippen molar-refractivity contribution in [3.8, 4) is 0 Å². The van der Waals surface area contributed by atoms with Crippen LogP contribution in [0, 0.1) is 0 Å². The number of rotatable bonds is 6. The minimum absolute atomic E-state index is 0.361. The van der Waals surface area contributed by atoms with Crippen LogP contribution in [0.1, 0.15) is 52.4 Å². The van der Waals surface area contributed by atoms with Crippen LogP contribution in [-0.2, 0) is 0 Å². The molecule has 0 aliphatic heterocycles. The lowest BCUT2D eigenvalue weighted by Crippen LogP contribution is -2.01. The van der Waals surface area contributed by atoms with Gasteiger partial charge in [-0.1, -0.05) is 39.5 Å². The van der Waals surface area contributed by atoms with Crippen molar-refractivity contribution in [1.29, 1.82) is 0 Å². The van der Waals surface area contributed by atoms with E-state index in [0.29, 0.717) is 13.0 Å². The van der Waals surface area contributed by atoms with Gasteiger partial charge in [-0.2, -0.15) is 0 Å². The molecule has 0 unspecified atom stereocenters. The van der Waals surface area contributed by atoms with E-state index in [9.17, 15) is 0 Å². The lowest BCUT2D eigenvalue weighted by molar-refractivity contribution is -0.0453. The van der Waals surface area contributed by atoms with E-state index in [1.54, 1.807) is 0 Å². The zero-order valence-electron chi connectivity index (χ0n) is 8.87. The number of unbranched alkanes of at least 4 members (excludes halogenated alkanes) is 3. The second-order valence-electron chi connectivity index (χ2n) is 3.05. The Kier molecular flexibility index (Phi) is 17.0. The molecule has 0 aliphatic rings. The molecule has 0 saturated heterocycles. The first-order chi connectivity index (χ1) is 6.18. The van der Waals surface area contributed by atoms with Gasteiger partial charge in [0, 0.05) is 6.61 Å². The Morgan fingerprint density at radius 1 is 0.923 bits per heavy atom. The molecule has 0 rings (SSSR count). The van der Waals surface area contributed by atoms with Crippen molar-refractivity contribution >= 4 is 0 Å². The van der Waals surface area contributed by atoms with E-state index < -0.39 is 6.29 Å². The van der Waals surface area contributed by atoms with Gasteiger partial charge in [-0.3, -0.25) is 0 Å². The van der Waals surface area contributed by atoms with Crippen LogP contribution in [0.25, 0.3) is 0 Å². The monoisotopic (exact) mass is 192 g/mol. The van der Waals surface area contributed by atoms with Crippen LogP contribution in [-0.4, -0.2) is 28.2 Å². The molecule has 0 atom stereocenters. The van der Waals surface area contributed by atoms with Gasteiger partial charge in [-0.25, -0.2) is 0 Å². The first-order valence-corrected chi connectivity index (χ1v) is 5.16. The normalized spacial score (nSPS) is 9.69. The van der Waals surface area contributed by atoms with Crippen molar-refractivity contribution in [3.05, 3.63) is 0 Å². The summed E-state index contributed by atoms with van der Waals surface area (Å²) in [5.41, 5.74) is 0. The topological polar surface area (TPSA) is 60.7 Å². The molecule has 0 fully saturated rings. The zero-order chi connectivity index (χ0) is 10.5. The smallest absolute Gasteiger partial charge is 0.151 e. The molecule has 0 aliphatic carbocycles. The molecule has 0 aromatic rings. The Bertz CT molecular complexity index is 70.6. The molecule has 0 heterocycles. The van der Waals surface area contributed by atoms with E-state index in [2.05, 4.69) is 6.92 Å². The van der Waals surface area contributed by atoms with Gasteiger partial charge < -0.3 is 15.3 Å². The van der Waals surface area contributed by atoms with Crippen LogP contribution >= 0.6 is 0 Å². The third-order valence-corrected chi connectivity index (χ3v) is 1.56. The van der Waals surface area contributed by atoms with Crippen molar-refractivity contribution in [2.75, 3.05) is 6.61 Å². The highest BCUT2D eigenvalue weighted by atomic mass is 16.5. The van der Waals surface area contributed by atoms with Gasteiger partial charge in [0.2, 0.25) is 0 Å². The van der Waals surface area contributed by atoms with Crippen molar-refractivity contribution in [3.63, 3.8) is 0 Å². The van der Waals surface area contributed by atoms with E-state index in [1.165, 1.54) is 19.3 Å². The maximum absolute atomic E-state index is 8.29. The van der Waals surface area contributed by atoms with Crippen LogP contribution in [0.2, 0.25) is 0 Å². The number of aliphatic hydroxyl groups is 3. The maximum Gasteiger partial charge on any atom is 0.151 e. The molecule has 0 saturated carbocycles. The highest BCUT2D eigenvalue weighted by Crippen LogP contribution is 1.96. The summed E-state index contributed by atoms with van der Waals surface area (Å²) in [6, 6.07) is 0. The van der Waals surface area contributed by atoms with Crippen LogP contribution in [0.5, 0.6) is 0 Å². The minimum Gasteiger partial charge on any atom is -0.396 e. The summed E-state index contributed by atoms with van der Waals surface area (Å²) in [4.78, 5) is 0. The number of hydrogen-bond donors (Lipinski definition) is 3. The third kappa shape index (κ3) is 24.5. The van der Waals surface area contributed by atoms with Gasteiger partial charge in [-0.15, -0.1) is 0 Å². The second kappa shape index (κ2) is 14.4. The zero-order valence-corrected chi connectivity index (χ0v) is 8.87. The summed E-state index contributed by atoms with van der Waals surface area (Å²) in [6.45, 7) is 4.43. The molecule has 3 heteroatoms. The lowest BCUT2D eigenvalue weighted by Gasteiger charge is -1.94. The second-order valence-corrected chi connectivity index (χ2v) is 3.05. The van der Waals surface area contributed by atoms with Crippen LogP contribution < -0.4 is 0 Å². The van der Waals surface area contributed by atoms with E-state index in [-0.39, 0.29) is 0 Å². The van der Waals surface area contributed by atoms with Crippen LogP contribution in [0.15, 0.2) is 0 Å². The van der Waals surface area contributed by atoms with Crippen LogP contribution in [0.3, 0.4) is 0 Å². The Morgan fingerprint density at radius 3 is 1.77 bits per heavy atom. The van der Waals surface area contributed by atoms with Gasteiger partial charge in [0.05, 0.1) is 0 Å². The van der Waals surface area contributed by atoms with Crippen molar-refractivity contribution in [1.82, 2.24) is 0 Å². The predicted octanol–water partition coefficient (Wildman–Crippen LogP) is 1.66. The Hall–Kier alpha value is -0.120. The molecule has 0 aromatic carbocycles. The molecule has 0 radical (unpaired) electrons. The molecule has 0 amide bonds. The molecule has 0 aromatic heterocycles.